The lowest BCUT2D eigenvalue weighted by atomic mass is 9.98. The summed E-state index contributed by atoms with van der Waals surface area (Å²) in [7, 11) is -3.06. The number of benzene rings is 1. The van der Waals surface area contributed by atoms with Gasteiger partial charge in [0.1, 0.15) is 0 Å². The predicted molar refractivity (Wildman–Crippen MR) is 128 cm³/mol. The fourth-order valence-corrected chi connectivity index (χ4v) is 4.40. The van der Waals surface area contributed by atoms with E-state index in [1.807, 2.05) is 0 Å². The Hall–Kier alpha value is -0.870. The van der Waals surface area contributed by atoms with Crippen molar-refractivity contribution in [2.75, 3.05) is 39.0 Å². The fourth-order valence-electron chi connectivity index (χ4n) is 3.52. The average Bonchev–Trinajstić information content (AvgIpc) is 2.58. The lowest BCUT2D eigenvalue weighted by Gasteiger charge is -2.29. The Balaban J connectivity index is 0.00000392. The van der Waals surface area contributed by atoms with E-state index < -0.39 is 10.0 Å². The lowest BCUT2D eigenvalue weighted by molar-refractivity contribution is 0.280. The molecule has 8 heteroatoms. The van der Waals surface area contributed by atoms with Crippen molar-refractivity contribution >= 4 is 40.0 Å². The SMILES string of the molecule is CCNC(=NCC1CCN(S(C)(=O)=O)CC1)NCCc1cc(C)cc(C)c1.I. The van der Waals surface area contributed by atoms with Gasteiger partial charge < -0.3 is 10.6 Å². The molecule has 0 spiro atoms. The van der Waals surface area contributed by atoms with Crippen LogP contribution in [0.4, 0.5) is 0 Å². The number of aliphatic imine (C=N–C) groups is 1. The first-order valence-corrected chi connectivity index (χ1v) is 11.7. The molecule has 0 radical (unpaired) electrons. The zero-order chi connectivity index (χ0) is 19.9. The minimum Gasteiger partial charge on any atom is -0.357 e. The maximum absolute atomic E-state index is 11.6. The summed E-state index contributed by atoms with van der Waals surface area (Å²) in [4.78, 5) is 4.72. The van der Waals surface area contributed by atoms with Gasteiger partial charge in [0, 0.05) is 32.7 Å². The van der Waals surface area contributed by atoms with Gasteiger partial charge in [0.2, 0.25) is 10.0 Å². The number of aryl methyl sites for hydroxylation is 2. The second kappa shape index (κ2) is 12.0. The number of halogens is 1. The normalized spacial score (nSPS) is 16.5. The topological polar surface area (TPSA) is 73.8 Å². The summed E-state index contributed by atoms with van der Waals surface area (Å²) in [6.07, 6.45) is 3.99. The first kappa shape index (κ1) is 25.2. The quantitative estimate of drug-likeness (QED) is 0.328. The van der Waals surface area contributed by atoms with Crippen LogP contribution in [0.2, 0.25) is 0 Å². The van der Waals surface area contributed by atoms with Crippen LogP contribution < -0.4 is 10.6 Å². The summed E-state index contributed by atoms with van der Waals surface area (Å²) in [5.74, 6) is 1.28. The standard InChI is InChI=1S/C20H34N4O2S.HI/c1-5-21-20(22-9-6-19-13-16(2)12-17(3)14-19)23-15-18-7-10-24(11-8-18)27(4,25)26;/h12-14,18H,5-11,15H2,1-4H3,(H2,21,22,23);1H. The molecule has 0 bridgehead atoms. The summed E-state index contributed by atoms with van der Waals surface area (Å²) in [6.45, 7) is 9.92. The van der Waals surface area contributed by atoms with Crippen molar-refractivity contribution < 1.29 is 8.42 Å². The summed E-state index contributed by atoms with van der Waals surface area (Å²) >= 11 is 0. The van der Waals surface area contributed by atoms with E-state index in [1.54, 1.807) is 4.31 Å². The number of sulfonamides is 1. The second-order valence-electron chi connectivity index (χ2n) is 7.50. The van der Waals surface area contributed by atoms with Crippen LogP contribution in [0, 0.1) is 19.8 Å². The van der Waals surface area contributed by atoms with E-state index in [-0.39, 0.29) is 24.0 Å². The van der Waals surface area contributed by atoms with Crippen LogP contribution >= 0.6 is 24.0 Å². The van der Waals surface area contributed by atoms with Gasteiger partial charge in [0.25, 0.3) is 0 Å². The molecule has 2 rings (SSSR count). The molecular weight excluding hydrogens is 487 g/mol. The maximum atomic E-state index is 11.6. The average molecular weight is 522 g/mol. The molecule has 0 aliphatic carbocycles. The third-order valence-corrected chi connectivity index (χ3v) is 6.19. The van der Waals surface area contributed by atoms with E-state index in [0.717, 1.165) is 44.9 Å². The van der Waals surface area contributed by atoms with Crippen LogP contribution in [0.15, 0.2) is 23.2 Å². The molecule has 1 heterocycles. The highest BCUT2D eigenvalue weighted by Gasteiger charge is 2.24. The van der Waals surface area contributed by atoms with Crippen LogP contribution in [-0.4, -0.2) is 57.7 Å². The zero-order valence-corrected chi connectivity index (χ0v) is 20.6. The predicted octanol–water partition coefficient (Wildman–Crippen LogP) is 2.69. The molecule has 1 aliphatic rings. The van der Waals surface area contributed by atoms with Crippen molar-refractivity contribution in [1.82, 2.24) is 14.9 Å². The minimum atomic E-state index is -3.06. The molecule has 0 amide bonds. The highest BCUT2D eigenvalue weighted by atomic mass is 127. The summed E-state index contributed by atoms with van der Waals surface area (Å²) < 4.78 is 24.8. The maximum Gasteiger partial charge on any atom is 0.211 e. The van der Waals surface area contributed by atoms with E-state index in [9.17, 15) is 8.42 Å². The van der Waals surface area contributed by atoms with Crippen molar-refractivity contribution in [1.29, 1.82) is 0 Å². The second-order valence-corrected chi connectivity index (χ2v) is 9.48. The molecule has 0 atom stereocenters. The van der Waals surface area contributed by atoms with Crippen LogP contribution in [0.3, 0.4) is 0 Å². The third kappa shape index (κ3) is 8.65. The highest BCUT2D eigenvalue weighted by molar-refractivity contribution is 14.0. The number of hydrogen-bond donors (Lipinski definition) is 2. The van der Waals surface area contributed by atoms with Crippen molar-refractivity contribution in [2.24, 2.45) is 10.9 Å². The first-order valence-electron chi connectivity index (χ1n) is 9.82. The Labute approximate surface area is 187 Å². The Kier molecular flexibility index (Phi) is 10.8. The molecule has 1 fully saturated rings. The van der Waals surface area contributed by atoms with Gasteiger partial charge in [-0.2, -0.15) is 0 Å². The molecule has 0 saturated carbocycles. The molecule has 1 aliphatic heterocycles. The summed E-state index contributed by atoms with van der Waals surface area (Å²) in [5, 5.41) is 6.71. The summed E-state index contributed by atoms with van der Waals surface area (Å²) in [6, 6.07) is 6.65. The molecule has 0 aromatic heterocycles. The van der Waals surface area contributed by atoms with Gasteiger partial charge in [-0.1, -0.05) is 29.3 Å². The van der Waals surface area contributed by atoms with Crippen molar-refractivity contribution in [2.45, 2.75) is 40.0 Å². The van der Waals surface area contributed by atoms with Gasteiger partial charge in [-0.05, 0) is 51.5 Å². The zero-order valence-electron chi connectivity index (χ0n) is 17.5. The van der Waals surface area contributed by atoms with Crippen LogP contribution in [0.5, 0.6) is 0 Å². The number of piperidine rings is 1. The van der Waals surface area contributed by atoms with Gasteiger partial charge in [-0.25, -0.2) is 12.7 Å². The van der Waals surface area contributed by atoms with Gasteiger partial charge in [-0.3, -0.25) is 4.99 Å². The van der Waals surface area contributed by atoms with Gasteiger partial charge in [0.15, 0.2) is 5.96 Å². The Morgan fingerprint density at radius 2 is 1.75 bits per heavy atom. The minimum absolute atomic E-state index is 0. The Bertz CT molecular complexity index is 724. The number of rotatable bonds is 7. The van der Waals surface area contributed by atoms with E-state index in [4.69, 9.17) is 4.99 Å². The highest BCUT2D eigenvalue weighted by Crippen LogP contribution is 2.19. The smallest absolute Gasteiger partial charge is 0.211 e. The molecule has 1 saturated heterocycles. The van der Waals surface area contributed by atoms with E-state index in [0.29, 0.717) is 19.0 Å². The van der Waals surface area contributed by atoms with E-state index in [2.05, 4.69) is 49.6 Å². The van der Waals surface area contributed by atoms with Crippen molar-refractivity contribution in [3.8, 4) is 0 Å². The number of nitrogens with one attached hydrogen (secondary N) is 2. The summed E-state index contributed by atoms with van der Waals surface area (Å²) in [5.41, 5.74) is 3.93. The molecule has 1 aromatic rings. The van der Waals surface area contributed by atoms with Crippen molar-refractivity contribution in [3.05, 3.63) is 34.9 Å². The van der Waals surface area contributed by atoms with Gasteiger partial charge in [0.05, 0.1) is 6.26 Å². The van der Waals surface area contributed by atoms with Crippen LogP contribution in [0.1, 0.15) is 36.5 Å². The Morgan fingerprint density at radius 3 is 2.29 bits per heavy atom. The lowest BCUT2D eigenvalue weighted by Crippen LogP contribution is -2.40. The third-order valence-electron chi connectivity index (χ3n) is 4.88. The van der Waals surface area contributed by atoms with E-state index >= 15 is 0 Å². The first-order chi connectivity index (χ1) is 12.8. The fraction of sp³-hybridized carbons (Fsp3) is 0.650. The molecule has 0 unspecified atom stereocenters. The van der Waals surface area contributed by atoms with Crippen LogP contribution in [-0.2, 0) is 16.4 Å². The van der Waals surface area contributed by atoms with Gasteiger partial charge in [-0.15, -0.1) is 24.0 Å². The molecule has 160 valence electrons. The number of hydrogen-bond acceptors (Lipinski definition) is 3. The molecule has 28 heavy (non-hydrogen) atoms. The number of nitrogens with zero attached hydrogens (tertiary/aromatic N) is 2. The molecule has 1 aromatic carbocycles. The van der Waals surface area contributed by atoms with E-state index in [1.165, 1.54) is 22.9 Å². The van der Waals surface area contributed by atoms with Crippen molar-refractivity contribution in [3.63, 3.8) is 0 Å². The molecule has 6 nitrogen and oxygen atoms in total. The monoisotopic (exact) mass is 522 g/mol. The Morgan fingerprint density at radius 1 is 1.14 bits per heavy atom. The number of guanidine groups is 1. The van der Waals surface area contributed by atoms with Crippen LogP contribution in [0.25, 0.3) is 0 Å². The largest absolute Gasteiger partial charge is 0.357 e. The molecule has 2 N–H and O–H groups in total. The molecular formula is C20H35IN4O2S. The van der Waals surface area contributed by atoms with Gasteiger partial charge >= 0.3 is 0 Å².